The molecule has 106 valence electrons. The Kier molecular flexibility index (Phi) is 4.08. The van der Waals surface area contributed by atoms with Crippen molar-refractivity contribution in [2.24, 2.45) is 0 Å². The average molecular weight is 272 g/mol. The highest BCUT2D eigenvalue weighted by molar-refractivity contribution is 5.61. The molecule has 0 spiro atoms. The SMILES string of the molecule is COc1ccc(Nc2cc(N)nc(C(C)C)n2)cc1C. The molecule has 0 fully saturated rings. The first-order valence-corrected chi connectivity index (χ1v) is 6.55. The Labute approximate surface area is 119 Å². The van der Waals surface area contributed by atoms with Gasteiger partial charge in [-0.1, -0.05) is 13.8 Å². The largest absolute Gasteiger partial charge is 0.496 e. The Morgan fingerprint density at radius 2 is 1.95 bits per heavy atom. The lowest BCUT2D eigenvalue weighted by atomic mass is 10.2. The molecule has 2 aromatic rings. The van der Waals surface area contributed by atoms with E-state index < -0.39 is 0 Å². The zero-order valence-electron chi connectivity index (χ0n) is 12.3. The second-order valence-corrected chi connectivity index (χ2v) is 5.00. The van der Waals surface area contributed by atoms with Crippen LogP contribution in [0.2, 0.25) is 0 Å². The van der Waals surface area contributed by atoms with Gasteiger partial charge in [-0.05, 0) is 30.7 Å². The number of aromatic nitrogens is 2. The number of rotatable bonds is 4. The number of aryl methyl sites for hydroxylation is 1. The number of benzene rings is 1. The number of nitrogens with two attached hydrogens (primary N) is 1. The van der Waals surface area contributed by atoms with Gasteiger partial charge < -0.3 is 15.8 Å². The summed E-state index contributed by atoms with van der Waals surface area (Å²) in [6.45, 7) is 6.07. The molecule has 5 nitrogen and oxygen atoms in total. The maximum Gasteiger partial charge on any atom is 0.136 e. The summed E-state index contributed by atoms with van der Waals surface area (Å²) in [6, 6.07) is 7.60. The first-order valence-electron chi connectivity index (χ1n) is 6.55. The van der Waals surface area contributed by atoms with Crippen molar-refractivity contribution in [3.8, 4) is 5.75 Å². The van der Waals surface area contributed by atoms with Gasteiger partial charge in [0.15, 0.2) is 0 Å². The van der Waals surface area contributed by atoms with E-state index >= 15 is 0 Å². The zero-order valence-corrected chi connectivity index (χ0v) is 12.3. The number of anilines is 3. The number of nitrogen functional groups attached to an aromatic ring is 1. The number of ether oxygens (including phenoxy) is 1. The fraction of sp³-hybridized carbons (Fsp3) is 0.333. The first kappa shape index (κ1) is 14.1. The molecule has 0 saturated carbocycles. The number of nitrogens with one attached hydrogen (secondary N) is 1. The fourth-order valence-electron chi connectivity index (χ4n) is 1.91. The van der Waals surface area contributed by atoms with Gasteiger partial charge in [-0.2, -0.15) is 0 Å². The van der Waals surface area contributed by atoms with Gasteiger partial charge in [0, 0.05) is 17.7 Å². The molecule has 3 N–H and O–H groups in total. The minimum absolute atomic E-state index is 0.233. The van der Waals surface area contributed by atoms with Crippen molar-refractivity contribution >= 4 is 17.3 Å². The lowest BCUT2D eigenvalue weighted by Gasteiger charge is -2.11. The van der Waals surface area contributed by atoms with E-state index in [4.69, 9.17) is 10.5 Å². The maximum atomic E-state index is 5.82. The molecule has 0 saturated heterocycles. The molecule has 0 aliphatic heterocycles. The summed E-state index contributed by atoms with van der Waals surface area (Å²) in [5.74, 6) is 3.00. The van der Waals surface area contributed by atoms with E-state index in [2.05, 4.69) is 15.3 Å². The predicted octanol–water partition coefficient (Wildman–Crippen LogP) is 3.24. The van der Waals surface area contributed by atoms with Crippen LogP contribution < -0.4 is 15.8 Å². The fourth-order valence-corrected chi connectivity index (χ4v) is 1.91. The van der Waals surface area contributed by atoms with Crippen LogP contribution in [0.25, 0.3) is 0 Å². The Morgan fingerprint density at radius 3 is 2.55 bits per heavy atom. The van der Waals surface area contributed by atoms with E-state index in [1.807, 2.05) is 39.0 Å². The molecule has 0 atom stereocenters. The highest BCUT2D eigenvalue weighted by Gasteiger charge is 2.07. The van der Waals surface area contributed by atoms with Gasteiger partial charge >= 0.3 is 0 Å². The van der Waals surface area contributed by atoms with Crippen LogP contribution >= 0.6 is 0 Å². The molecule has 2 rings (SSSR count). The molecule has 0 unspecified atom stereocenters. The van der Waals surface area contributed by atoms with Crippen LogP contribution in [0.15, 0.2) is 24.3 Å². The number of methoxy groups -OCH3 is 1. The van der Waals surface area contributed by atoms with Gasteiger partial charge in [0.25, 0.3) is 0 Å². The van der Waals surface area contributed by atoms with Crippen molar-refractivity contribution in [1.29, 1.82) is 0 Å². The number of nitrogens with zero attached hydrogens (tertiary/aromatic N) is 2. The van der Waals surface area contributed by atoms with Gasteiger partial charge in [0.1, 0.15) is 23.2 Å². The number of hydrogen-bond donors (Lipinski definition) is 2. The van der Waals surface area contributed by atoms with Crippen molar-refractivity contribution < 1.29 is 4.74 Å². The maximum absolute atomic E-state index is 5.82. The second-order valence-electron chi connectivity index (χ2n) is 5.00. The van der Waals surface area contributed by atoms with Gasteiger partial charge in [-0.15, -0.1) is 0 Å². The quantitative estimate of drug-likeness (QED) is 0.893. The van der Waals surface area contributed by atoms with Crippen molar-refractivity contribution in [2.45, 2.75) is 26.7 Å². The van der Waals surface area contributed by atoms with E-state index in [9.17, 15) is 0 Å². The minimum Gasteiger partial charge on any atom is -0.496 e. The van der Waals surface area contributed by atoms with Crippen LogP contribution in [0.1, 0.15) is 31.2 Å². The van der Waals surface area contributed by atoms with Crippen LogP contribution in [0, 0.1) is 6.92 Å². The molecule has 1 aromatic carbocycles. The highest BCUT2D eigenvalue weighted by atomic mass is 16.5. The molecule has 0 aliphatic carbocycles. The van der Waals surface area contributed by atoms with Gasteiger partial charge in [-0.25, -0.2) is 9.97 Å². The van der Waals surface area contributed by atoms with E-state index in [0.29, 0.717) is 11.6 Å². The number of hydrogen-bond acceptors (Lipinski definition) is 5. The van der Waals surface area contributed by atoms with Crippen LogP contribution in [-0.2, 0) is 0 Å². The molecule has 0 aliphatic rings. The third kappa shape index (κ3) is 3.17. The monoisotopic (exact) mass is 272 g/mol. The summed E-state index contributed by atoms with van der Waals surface area (Å²) >= 11 is 0. The topological polar surface area (TPSA) is 73.1 Å². The molecule has 1 heterocycles. The van der Waals surface area contributed by atoms with Crippen LogP contribution in [0.3, 0.4) is 0 Å². The molecule has 1 aromatic heterocycles. The first-order chi connectivity index (χ1) is 9.49. The summed E-state index contributed by atoms with van der Waals surface area (Å²) in [7, 11) is 1.66. The molecular weight excluding hydrogens is 252 g/mol. The third-order valence-corrected chi connectivity index (χ3v) is 2.95. The van der Waals surface area contributed by atoms with E-state index in [1.54, 1.807) is 13.2 Å². The highest BCUT2D eigenvalue weighted by Crippen LogP contribution is 2.24. The van der Waals surface area contributed by atoms with Crippen molar-refractivity contribution in [2.75, 3.05) is 18.2 Å². The van der Waals surface area contributed by atoms with Crippen LogP contribution in [0.5, 0.6) is 5.75 Å². The van der Waals surface area contributed by atoms with E-state index in [0.717, 1.165) is 22.8 Å². The van der Waals surface area contributed by atoms with E-state index in [1.165, 1.54) is 0 Å². The molecule has 20 heavy (non-hydrogen) atoms. The Balaban J connectivity index is 2.27. The lowest BCUT2D eigenvalue weighted by Crippen LogP contribution is -2.05. The summed E-state index contributed by atoms with van der Waals surface area (Å²) in [5.41, 5.74) is 7.82. The van der Waals surface area contributed by atoms with Crippen molar-refractivity contribution in [3.63, 3.8) is 0 Å². The molecule has 5 heteroatoms. The average Bonchev–Trinajstić information content (AvgIpc) is 2.38. The minimum atomic E-state index is 0.233. The summed E-state index contributed by atoms with van der Waals surface area (Å²) in [6.07, 6.45) is 0. The Hall–Kier alpha value is -2.30. The van der Waals surface area contributed by atoms with Crippen molar-refractivity contribution in [1.82, 2.24) is 9.97 Å². The smallest absolute Gasteiger partial charge is 0.136 e. The summed E-state index contributed by atoms with van der Waals surface area (Å²) in [4.78, 5) is 8.69. The van der Waals surface area contributed by atoms with Gasteiger partial charge in [-0.3, -0.25) is 0 Å². The van der Waals surface area contributed by atoms with Crippen LogP contribution in [0.4, 0.5) is 17.3 Å². The lowest BCUT2D eigenvalue weighted by molar-refractivity contribution is 0.412. The molecular formula is C15H20N4O. The standard InChI is InChI=1S/C15H20N4O/c1-9(2)15-18-13(16)8-14(19-15)17-11-5-6-12(20-4)10(3)7-11/h5-9H,1-4H3,(H3,16,17,18,19). The molecule has 0 radical (unpaired) electrons. The third-order valence-electron chi connectivity index (χ3n) is 2.95. The molecule has 0 amide bonds. The molecule has 0 bridgehead atoms. The summed E-state index contributed by atoms with van der Waals surface area (Å²) < 4.78 is 5.25. The Bertz CT molecular complexity index is 611. The van der Waals surface area contributed by atoms with Gasteiger partial charge in [0.2, 0.25) is 0 Å². The van der Waals surface area contributed by atoms with E-state index in [-0.39, 0.29) is 5.92 Å². The summed E-state index contributed by atoms with van der Waals surface area (Å²) in [5, 5.41) is 3.25. The normalized spacial score (nSPS) is 10.7. The van der Waals surface area contributed by atoms with Crippen molar-refractivity contribution in [3.05, 3.63) is 35.7 Å². The second kappa shape index (κ2) is 5.77. The Morgan fingerprint density at radius 1 is 1.20 bits per heavy atom. The van der Waals surface area contributed by atoms with Gasteiger partial charge in [0.05, 0.1) is 7.11 Å². The van der Waals surface area contributed by atoms with Crippen LogP contribution in [-0.4, -0.2) is 17.1 Å². The zero-order chi connectivity index (χ0) is 14.7. The predicted molar refractivity (Wildman–Crippen MR) is 81.5 cm³/mol.